The number of amides is 2. The molecular weight excluding hydrogens is 562 g/mol. The molecule has 0 radical (unpaired) electrons. The van der Waals surface area contributed by atoms with Gasteiger partial charge in [-0.2, -0.15) is 0 Å². The maximum absolute atomic E-state index is 12.7. The molecule has 0 spiro atoms. The molecule has 1 aliphatic rings. The Labute approximate surface area is 257 Å². The molecule has 222 valence electrons. The third kappa shape index (κ3) is 8.60. The van der Waals surface area contributed by atoms with Gasteiger partial charge in [0.15, 0.2) is 0 Å². The molecule has 0 unspecified atom stereocenters. The van der Waals surface area contributed by atoms with Crippen LogP contribution in [0.25, 0.3) is 11.1 Å². The van der Waals surface area contributed by atoms with E-state index in [-0.39, 0.29) is 23.3 Å². The lowest BCUT2D eigenvalue weighted by Crippen LogP contribution is -2.39. The van der Waals surface area contributed by atoms with E-state index in [9.17, 15) is 14.7 Å². The van der Waals surface area contributed by atoms with Crippen LogP contribution in [0.1, 0.15) is 34.3 Å². The minimum Gasteiger partial charge on any atom is -0.507 e. The second-order valence-electron chi connectivity index (χ2n) is 10.7. The van der Waals surface area contributed by atoms with Gasteiger partial charge in [0.05, 0.1) is 11.3 Å². The average Bonchev–Trinajstić information content (AvgIpc) is 3.03. The minimum absolute atomic E-state index is 0.0887. The first-order chi connectivity index (χ1) is 20.9. The van der Waals surface area contributed by atoms with Crippen LogP contribution in [-0.4, -0.2) is 54.3 Å². The normalized spacial score (nSPS) is 13.8. The highest BCUT2D eigenvalue weighted by atomic mass is 35.5. The summed E-state index contributed by atoms with van der Waals surface area (Å²) in [6.07, 6.45) is 2.74. The van der Waals surface area contributed by atoms with Crippen molar-refractivity contribution in [1.29, 1.82) is 0 Å². The van der Waals surface area contributed by atoms with Crippen molar-refractivity contribution in [3.63, 3.8) is 0 Å². The third-order valence-electron chi connectivity index (χ3n) is 7.70. The molecule has 1 fully saturated rings. The Morgan fingerprint density at radius 1 is 0.860 bits per heavy atom. The number of anilines is 1. The monoisotopic (exact) mass is 597 g/mol. The summed E-state index contributed by atoms with van der Waals surface area (Å²) in [7, 11) is 0. The molecule has 1 heterocycles. The summed E-state index contributed by atoms with van der Waals surface area (Å²) in [5.74, 6) is -0.436. The maximum Gasteiger partial charge on any atom is 0.411 e. The van der Waals surface area contributed by atoms with Crippen molar-refractivity contribution in [1.82, 2.24) is 10.2 Å². The molecular formula is C35H36ClN3O4. The number of para-hydroxylation sites is 1. The molecule has 4 aromatic rings. The fourth-order valence-corrected chi connectivity index (χ4v) is 5.44. The Balaban J connectivity index is 1.00. The second kappa shape index (κ2) is 14.7. The Hall–Kier alpha value is -4.33. The van der Waals surface area contributed by atoms with Crippen LogP contribution in [0.3, 0.4) is 0 Å². The van der Waals surface area contributed by atoms with Crippen molar-refractivity contribution < 1.29 is 19.4 Å². The van der Waals surface area contributed by atoms with Crippen LogP contribution < -0.4 is 10.6 Å². The predicted molar refractivity (Wildman–Crippen MR) is 171 cm³/mol. The number of hydrogen-bond acceptors (Lipinski definition) is 5. The van der Waals surface area contributed by atoms with Crippen LogP contribution >= 0.6 is 11.6 Å². The Bertz CT molecular complexity index is 1520. The van der Waals surface area contributed by atoms with Crippen molar-refractivity contribution in [2.45, 2.75) is 31.8 Å². The van der Waals surface area contributed by atoms with Crippen LogP contribution in [0.5, 0.6) is 5.75 Å². The molecule has 0 saturated carbocycles. The lowest BCUT2D eigenvalue weighted by Gasteiger charge is -2.31. The summed E-state index contributed by atoms with van der Waals surface area (Å²) in [5, 5.41) is 16.1. The van der Waals surface area contributed by atoms with Gasteiger partial charge in [-0.05, 0) is 66.6 Å². The largest absolute Gasteiger partial charge is 0.507 e. The van der Waals surface area contributed by atoms with E-state index in [1.165, 1.54) is 17.7 Å². The highest BCUT2D eigenvalue weighted by Crippen LogP contribution is 2.28. The number of benzene rings is 4. The number of likely N-dealkylation sites (tertiary alicyclic amines) is 1. The number of carbonyl (C=O) groups is 2. The van der Waals surface area contributed by atoms with Gasteiger partial charge in [0, 0.05) is 36.8 Å². The van der Waals surface area contributed by atoms with E-state index in [1.54, 1.807) is 6.07 Å². The number of carbonyl (C=O) groups excluding carboxylic acids is 2. The summed E-state index contributed by atoms with van der Waals surface area (Å²) in [5.41, 5.74) is 5.30. The van der Waals surface area contributed by atoms with Gasteiger partial charge in [-0.1, -0.05) is 84.4 Å². The van der Waals surface area contributed by atoms with Gasteiger partial charge in [-0.3, -0.25) is 10.1 Å². The SMILES string of the molecule is O=C(Nc1ccccc1-c1ccccc1)OC1CCN(CCc2ccc(CCNC(=O)c3cc(Cl)ccc3O)cc2)CC1. The Morgan fingerprint density at radius 3 is 2.28 bits per heavy atom. The van der Waals surface area contributed by atoms with E-state index in [1.807, 2.05) is 54.6 Å². The molecule has 43 heavy (non-hydrogen) atoms. The zero-order valence-corrected chi connectivity index (χ0v) is 24.7. The number of ether oxygens (including phenoxy) is 1. The summed E-state index contributed by atoms with van der Waals surface area (Å²) in [6.45, 7) is 3.18. The summed E-state index contributed by atoms with van der Waals surface area (Å²) >= 11 is 5.94. The van der Waals surface area contributed by atoms with Gasteiger partial charge >= 0.3 is 6.09 Å². The molecule has 7 nitrogen and oxygen atoms in total. The molecule has 1 aliphatic heterocycles. The smallest absolute Gasteiger partial charge is 0.411 e. The van der Waals surface area contributed by atoms with Gasteiger partial charge in [0.2, 0.25) is 0 Å². The summed E-state index contributed by atoms with van der Waals surface area (Å²) in [6, 6.07) is 30.6. The lowest BCUT2D eigenvalue weighted by molar-refractivity contribution is 0.0593. The van der Waals surface area contributed by atoms with Gasteiger partial charge in [0.25, 0.3) is 5.91 Å². The number of nitrogens with one attached hydrogen (secondary N) is 2. The number of hydrogen-bond donors (Lipinski definition) is 3. The Kier molecular flexibility index (Phi) is 10.3. The van der Waals surface area contributed by atoms with Crippen molar-refractivity contribution in [2.24, 2.45) is 0 Å². The van der Waals surface area contributed by atoms with Crippen molar-refractivity contribution in [2.75, 3.05) is 31.5 Å². The Morgan fingerprint density at radius 2 is 1.53 bits per heavy atom. The zero-order chi connectivity index (χ0) is 30.0. The average molecular weight is 598 g/mol. The van der Waals surface area contributed by atoms with Crippen LogP contribution in [-0.2, 0) is 17.6 Å². The fourth-order valence-electron chi connectivity index (χ4n) is 5.27. The van der Waals surface area contributed by atoms with Gasteiger partial charge < -0.3 is 20.1 Å². The maximum atomic E-state index is 12.7. The highest BCUT2D eigenvalue weighted by Gasteiger charge is 2.22. The molecule has 0 atom stereocenters. The number of piperidine rings is 1. The van der Waals surface area contributed by atoms with E-state index in [0.29, 0.717) is 18.0 Å². The fraction of sp³-hybridized carbons (Fsp3) is 0.257. The molecule has 0 bridgehead atoms. The van der Waals surface area contributed by atoms with Crippen molar-refractivity contribution >= 4 is 29.3 Å². The molecule has 8 heteroatoms. The molecule has 4 aromatic carbocycles. The van der Waals surface area contributed by atoms with Gasteiger partial charge in [-0.25, -0.2) is 4.79 Å². The van der Waals surface area contributed by atoms with Crippen LogP contribution in [0.2, 0.25) is 5.02 Å². The minimum atomic E-state index is -0.413. The first kappa shape index (κ1) is 30.1. The summed E-state index contributed by atoms with van der Waals surface area (Å²) < 4.78 is 5.77. The summed E-state index contributed by atoms with van der Waals surface area (Å²) in [4.78, 5) is 27.4. The van der Waals surface area contributed by atoms with Gasteiger partial charge in [-0.15, -0.1) is 0 Å². The topological polar surface area (TPSA) is 90.9 Å². The third-order valence-corrected chi connectivity index (χ3v) is 7.93. The van der Waals surface area contributed by atoms with E-state index < -0.39 is 6.09 Å². The number of nitrogens with zero attached hydrogens (tertiary/aromatic N) is 1. The van der Waals surface area contributed by atoms with Crippen molar-refractivity contribution in [3.8, 4) is 16.9 Å². The zero-order valence-electron chi connectivity index (χ0n) is 24.0. The number of halogens is 1. The van der Waals surface area contributed by atoms with E-state index >= 15 is 0 Å². The quantitative estimate of drug-likeness (QED) is 0.184. The van der Waals surface area contributed by atoms with E-state index in [0.717, 1.165) is 61.3 Å². The molecule has 1 saturated heterocycles. The first-order valence-electron chi connectivity index (χ1n) is 14.6. The molecule has 0 aromatic heterocycles. The van der Waals surface area contributed by atoms with Crippen LogP contribution in [0, 0.1) is 0 Å². The molecule has 2 amide bonds. The standard InChI is InChI=1S/C35H36ClN3O4/c36-28-14-15-33(40)31(24-28)34(41)37-20-16-25-10-12-26(13-11-25)17-21-39-22-18-29(19-23-39)43-35(42)38-32-9-5-4-8-30(32)27-6-2-1-3-7-27/h1-15,24,29,40H,16-23H2,(H,37,41)(H,38,42). The first-order valence-corrected chi connectivity index (χ1v) is 15.0. The number of rotatable bonds is 10. The van der Waals surface area contributed by atoms with Gasteiger partial charge in [0.1, 0.15) is 11.9 Å². The molecule has 3 N–H and O–H groups in total. The van der Waals surface area contributed by atoms with Crippen LogP contribution in [0.15, 0.2) is 97.1 Å². The number of aromatic hydroxyl groups is 1. The molecule has 0 aliphatic carbocycles. The van der Waals surface area contributed by atoms with E-state index in [4.69, 9.17) is 16.3 Å². The van der Waals surface area contributed by atoms with Crippen molar-refractivity contribution in [3.05, 3.63) is 119 Å². The number of phenolic OH excluding ortho intramolecular Hbond substituents is 1. The number of phenols is 1. The van der Waals surface area contributed by atoms with E-state index in [2.05, 4.69) is 39.8 Å². The lowest BCUT2D eigenvalue weighted by atomic mass is 10.0. The predicted octanol–water partition coefficient (Wildman–Crippen LogP) is 6.94. The highest BCUT2D eigenvalue weighted by molar-refractivity contribution is 6.31. The second-order valence-corrected chi connectivity index (χ2v) is 11.2. The van der Waals surface area contributed by atoms with Crippen LogP contribution in [0.4, 0.5) is 10.5 Å². The molecule has 5 rings (SSSR count).